The van der Waals surface area contributed by atoms with Gasteiger partial charge in [0.15, 0.2) is 0 Å². The fourth-order valence-corrected chi connectivity index (χ4v) is 1.96. The number of rotatable bonds is 4. The highest BCUT2D eigenvalue weighted by Gasteiger charge is 2.22. The third-order valence-electron chi connectivity index (χ3n) is 2.96. The number of nitrogens with zero attached hydrogens (tertiary/aromatic N) is 1. The van der Waals surface area contributed by atoms with Crippen LogP contribution in [0, 0.1) is 0 Å². The third-order valence-corrected chi connectivity index (χ3v) is 2.96. The Hall–Kier alpha value is -2.82. The number of nitrogen functional groups attached to an aromatic ring is 1. The van der Waals surface area contributed by atoms with Gasteiger partial charge in [-0.15, -0.1) is 0 Å². The smallest absolute Gasteiger partial charge is 0.315 e. The summed E-state index contributed by atoms with van der Waals surface area (Å²) in [6.07, 6.45) is -0.347. The van der Waals surface area contributed by atoms with Crippen molar-refractivity contribution in [3.05, 3.63) is 54.6 Å². The Morgan fingerprint density at radius 1 is 1.05 bits per heavy atom. The number of carbonyl (C=O) groups is 2. The van der Waals surface area contributed by atoms with E-state index in [-0.39, 0.29) is 6.42 Å². The van der Waals surface area contributed by atoms with Gasteiger partial charge < -0.3 is 10.5 Å². The monoisotopic (exact) mass is 284 g/mol. The molecule has 0 aromatic heterocycles. The van der Waals surface area contributed by atoms with E-state index in [0.29, 0.717) is 17.1 Å². The van der Waals surface area contributed by atoms with Gasteiger partial charge in [-0.1, -0.05) is 30.3 Å². The summed E-state index contributed by atoms with van der Waals surface area (Å²) in [4.78, 5) is 25.2. The molecule has 1 amide bonds. The van der Waals surface area contributed by atoms with Crippen LogP contribution in [-0.2, 0) is 14.3 Å². The van der Waals surface area contributed by atoms with Gasteiger partial charge in [0.2, 0.25) is 5.91 Å². The molecule has 0 aliphatic heterocycles. The number of hydrogen-bond donors (Lipinski definition) is 1. The SMILES string of the molecule is COC(=O)CC(=O)N(c1ccccc1)c1ccccc1N. The Kier molecular flexibility index (Phi) is 4.56. The number of benzene rings is 2. The van der Waals surface area contributed by atoms with Crippen LogP contribution in [0.4, 0.5) is 17.1 Å². The summed E-state index contributed by atoms with van der Waals surface area (Å²) in [5.41, 5.74) is 7.59. The average molecular weight is 284 g/mol. The number of methoxy groups -OCH3 is 1. The second-order valence-electron chi connectivity index (χ2n) is 4.38. The molecule has 0 aliphatic rings. The van der Waals surface area contributed by atoms with Crippen LogP contribution in [0.2, 0.25) is 0 Å². The van der Waals surface area contributed by atoms with E-state index in [2.05, 4.69) is 4.74 Å². The first-order chi connectivity index (χ1) is 10.1. The van der Waals surface area contributed by atoms with Crippen molar-refractivity contribution in [3.8, 4) is 0 Å². The Labute approximate surface area is 122 Å². The lowest BCUT2D eigenvalue weighted by Gasteiger charge is -2.24. The van der Waals surface area contributed by atoms with Crippen molar-refractivity contribution in [2.75, 3.05) is 17.7 Å². The van der Waals surface area contributed by atoms with E-state index in [1.807, 2.05) is 18.2 Å². The highest BCUT2D eigenvalue weighted by Crippen LogP contribution is 2.30. The lowest BCUT2D eigenvalue weighted by atomic mass is 10.2. The molecule has 0 unspecified atom stereocenters. The van der Waals surface area contributed by atoms with Gasteiger partial charge in [0.05, 0.1) is 18.5 Å². The molecule has 2 rings (SSSR count). The molecule has 0 atom stereocenters. The van der Waals surface area contributed by atoms with Crippen LogP contribution < -0.4 is 10.6 Å². The minimum Gasteiger partial charge on any atom is -0.469 e. The van der Waals surface area contributed by atoms with Crippen LogP contribution in [0.1, 0.15) is 6.42 Å². The zero-order valence-corrected chi connectivity index (χ0v) is 11.7. The standard InChI is InChI=1S/C16H16N2O3/c1-21-16(20)11-15(19)18(12-7-3-2-4-8-12)14-10-6-5-9-13(14)17/h2-10H,11,17H2,1H3. The number of nitrogens with two attached hydrogens (primary N) is 1. The third kappa shape index (κ3) is 3.39. The number of anilines is 3. The maximum atomic E-state index is 12.4. The number of esters is 1. The van der Waals surface area contributed by atoms with Crippen LogP contribution >= 0.6 is 0 Å². The number of amides is 1. The van der Waals surface area contributed by atoms with E-state index < -0.39 is 11.9 Å². The van der Waals surface area contributed by atoms with Crippen LogP contribution in [0.25, 0.3) is 0 Å². The first-order valence-corrected chi connectivity index (χ1v) is 6.43. The molecule has 0 saturated carbocycles. The van der Waals surface area contributed by atoms with Gasteiger partial charge in [-0.3, -0.25) is 14.5 Å². The van der Waals surface area contributed by atoms with Gasteiger partial charge in [-0.25, -0.2) is 0 Å². The molecular formula is C16H16N2O3. The lowest BCUT2D eigenvalue weighted by Crippen LogP contribution is -2.29. The topological polar surface area (TPSA) is 72.6 Å². The Balaban J connectivity index is 2.43. The van der Waals surface area contributed by atoms with Crippen LogP contribution in [-0.4, -0.2) is 19.0 Å². The van der Waals surface area contributed by atoms with Gasteiger partial charge in [0.25, 0.3) is 0 Å². The molecule has 2 aromatic rings. The Bertz CT molecular complexity index is 641. The number of ether oxygens (including phenoxy) is 1. The summed E-state index contributed by atoms with van der Waals surface area (Å²) < 4.78 is 4.56. The summed E-state index contributed by atoms with van der Waals surface area (Å²) in [5.74, 6) is -0.985. The summed E-state index contributed by atoms with van der Waals surface area (Å²) >= 11 is 0. The maximum Gasteiger partial charge on any atom is 0.315 e. The van der Waals surface area contributed by atoms with Crippen LogP contribution in [0.5, 0.6) is 0 Å². The predicted octanol–water partition coefficient (Wildman–Crippen LogP) is 2.50. The molecule has 0 radical (unpaired) electrons. The molecule has 0 bridgehead atoms. The first-order valence-electron chi connectivity index (χ1n) is 6.43. The molecule has 0 aliphatic carbocycles. The van der Waals surface area contributed by atoms with E-state index in [1.165, 1.54) is 12.0 Å². The van der Waals surface area contributed by atoms with Crippen molar-refractivity contribution in [2.45, 2.75) is 6.42 Å². The Morgan fingerprint density at radius 3 is 2.29 bits per heavy atom. The highest BCUT2D eigenvalue weighted by molar-refractivity contribution is 6.09. The van der Waals surface area contributed by atoms with E-state index in [0.717, 1.165) is 0 Å². The lowest BCUT2D eigenvalue weighted by molar-refractivity contribution is -0.143. The predicted molar refractivity (Wildman–Crippen MR) is 81.1 cm³/mol. The first kappa shape index (κ1) is 14.6. The van der Waals surface area contributed by atoms with E-state index >= 15 is 0 Å². The van der Waals surface area contributed by atoms with Gasteiger partial charge in [-0.05, 0) is 24.3 Å². The summed E-state index contributed by atoms with van der Waals surface area (Å²) in [6, 6.07) is 16.0. The second-order valence-corrected chi connectivity index (χ2v) is 4.38. The molecule has 5 nitrogen and oxygen atoms in total. The number of para-hydroxylation sites is 3. The molecular weight excluding hydrogens is 268 g/mol. The zero-order valence-electron chi connectivity index (χ0n) is 11.7. The quantitative estimate of drug-likeness (QED) is 0.532. The van der Waals surface area contributed by atoms with Crippen molar-refractivity contribution in [1.82, 2.24) is 0 Å². The van der Waals surface area contributed by atoms with E-state index in [4.69, 9.17) is 5.73 Å². The maximum absolute atomic E-state index is 12.4. The van der Waals surface area contributed by atoms with Crippen LogP contribution in [0.3, 0.4) is 0 Å². The van der Waals surface area contributed by atoms with Gasteiger partial charge >= 0.3 is 5.97 Å². The molecule has 0 spiro atoms. The van der Waals surface area contributed by atoms with Crippen molar-refractivity contribution in [2.24, 2.45) is 0 Å². The molecule has 0 heterocycles. The molecule has 2 N–H and O–H groups in total. The molecule has 21 heavy (non-hydrogen) atoms. The van der Waals surface area contributed by atoms with Crippen molar-refractivity contribution >= 4 is 28.9 Å². The van der Waals surface area contributed by atoms with Gasteiger partial charge in [-0.2, -0.15) is 0 Å². The van der Waals surface area contributed by atoms with Gasteiger partial charge in [0.1, 0.15) is 6.42 Å². The highest BCUT2D eigenvalue weighted by atomic mass is 16.5. The molecule has 5 heteroatoms. The van der Waals surface area contributed by atoms with Crippen molar-refractivity contribution in [1.29, 1.82) is 0 Å². The molecule has 108 valence electrons. The van der Waals surface area contributed by atoms with E-state index in [9.17, 15) is 9.59 Å². The summed E-state index contributed by atoms with van der Waals surface area (Å²) in [5, 5.41) is 0. The van der Waals surface area contributed by atoms with Gasteiger partial charge in [0, 0.05) is 5.69 Å². The van der Waals surface area contributed by atoms with Crippen molar-refractivity contribution < 1.29 is 14.3 Å². The average Bonchev–Trinajstić information content (AvgIpc) is 2.50. The number of carbonyl (C=O) groups excluding carboxylic acids is 2. The fraction of sp³-hybridized carbons (Fsp3) is 0.125. The van der Waals surface area contributed by atoms with Crippen molar-refractivity contribution in [3.63, 3.8) is 0 Å². The van der Waals surface area contributed by atoms with E-state index in [1.54, 1.807) is 36.4 Å². The largest absolute Gasteiger partial charge is 0.469 e. The second kappa shape index (κ2) is 6.56. The zero-order chi connectivity index (χ0) is 15.2. The summed E-state index contributed by atoms with van der Waals surface area (Å²) in [6.45, 7) is 0. The van der Waals surface area contributed by atoms with Crippen LogP contribution in [0.15, 0.2) is 54.6 Å². The molecule has 0 saturated heterocycles. The number of hydrogen-bond acceptors (Lipinski definition) is 4. The Morgan fingerprint density at radius 2 is 1.67 bits per heavy atom. The molecule has 0 fully saturated rings. The normalized spacial score (nSPS) is 9.95. The fourth-order valence-electron chi connectivity index (χ4n) is 1.96. The minimum atomic E-state index is -0.588. The minimum absolute atomic E-state index is 0.347. The summed E-state index contributed by atoms with van der Waals surface area (Å²) in [7, 11) is 1.25. The molecule has 2 aromatic carbocycles.